The lowest BCUT2D eigenvalue weighted by Crippen LogP contribution is -2.37. The number of likely N-dealkylation sites (tertiary alicyclic amines) is 1. The van der Waals surface area contributed by atoms with Crippen LogP contribution in [0, 0.1) is 5.92 Å². The number of amides is 1. The van der Waals surface area contributed by atoms with Crippen LogP contribution < -0.4 is 5.32 Å². The van der Waals surface area contributed by atoms with Crippen LogP contribution in [0.1, 0.15) is 30.1 Å². The van der Waals surface area contributed by atoms with Gasteiger partial charge in [0.1, 0.15) is 5.82 Å². The average Bonchev–Trinajstić information content (AvgIpc) is 2.58. The van der Waals surface area contributed by atoms with E-state index in [1.807, 2.05) is 11.0 Å². The lowest BCUT2D eigenvalue weighted by Gasteiger charge is -2.30. The maximum Gasteiger partial charge on any atom is 0.254 e. The molecule has 3 rings (SSSR count). The summed E-state index contributed by atoms with van der Waals surface area (Å²) < 4.78 is 0. The second kappa shape index (κ2) is 7.41. The molecule has 1 aromatic heterocycles. The number of aromatic nitrogens is 1. The zero-order valence-electron chi connectivity index (χ0n) is 13.4. The lowest BCUT2D eigenvalue weighted by atomic mass is 9.99. The second-order valence-electron chi connectivity index (χ2n) is 6.16. The number of anilines is 2. The van der Waals surface area contributed by atoms with Gasteiger partial charge in [0, 0.05) is 30.5 Å². The van der Waals surface area contributed by atoms with E-state index < -0.39 is 0 Å². The molecule has 2 heterocycles. The zero-order chi connectivity index (χ0) is 17.1. The van der Waals surface area contributed by atoms with Crippen LogP contribution >= 0.6 is 23.2 Å². The molecule has 1 saturated heterocycles. The maximum absolute atomic E-state index is 12.6. The van der Waals surface area contributed by atoms with Crippen LogP contribution in [0.15, 0.2) is 36.5 Å². The van der Waals surface area contributed by atoms with Gasteiger partial charge in [-0.05, 0) is 49.1 Å². The number of nitrogens with one attached hydrogen (secondary N) is 1. The Morgan fingerprint density at radius 2 is 1.92 bits per heavy atom. The van der Waals surface area contributed by atoms with E-state index in [0.717, 1.165) is 31.6 Å². The minimum atomic E-state index is 0.0569. The molecular weight excluding hydrogens is 345 g/mol. The molecule has 1 aliphatic heterocycles. The highest BCUT2D eigenvalue weighted by atomic mass is 35.5. The molecule has 0 aliphatic carbocycles. The normalized spacial score (nSPS) is 15.4. The predicted octanol–water partition coefficient (Wildman–Crippen LogP) is 5.00. The largest absolute Gasteiger partial charge is 0.340 e. The summed E-state index contributed by atoms with van der Waals surface area (Å²) in [4.78, 5) is 18.8. The molecule has 1 aromatic carbocycles. The number of carbonyl (C=O) groups excluding carboxylic acids is 1. The van der Waals surface area contributed by atoms with Crippen LogP contribution in [-0.2, 0) is 0 Å². The first kappa shape index (κ1) is 17.1. The summed E-state index contributed by atoms with van der Waals surface area (Å²) in [6, 6.07) is 8.78. The van der Waals surface area contributed by atoms with Crippen molar-refractivity contribution < 1.29 is 4.79 Å². The van der Waals surface area contributed by atoms with E-state index in [9.17, 15) is 4.79 Å². The molecule has 0 unspecified atom stereocenters. The van der Waals surface area contributed by atoms with Gasteiger partial charge in [0.05, 0.1) is 10.0 Å². The molecule has 6 heteroatoms. The zero-order valence-corrected chi connectivity index (χ0v) is 14.9. The number of carbonyl (C=O) groups is 1. The second-order valence-corrected chi connectivity index (χ2v) is 6.97. The first-order chi connectivity index (χ1) is 11.5. The quantitative estimate of drug-likeness (QED) is 0.833. The number of benzene rings is 1. The molecule has 1 N–H and O–H groups in total. The first-order valence-electron chi connectivity index (χ1n) is 8.00. The molecule has 0 bridgehead atoms. The van der Waals surface area contributed by atoms with Crippen molar-refractivity contribution in [3.8, 4) is 0 Å². The van der Waals surface area contributed by atoms with Crippen LogP contribution in [0.4, 0.5) is 11.5 Å². The minimum Gasteiger partial charge on any atom is -0.340 e. The minimum absolute atomic E-state index is 0.0569. The fourth-order valence-electron chi connectivity index (χ4n) is 2.75. The molecule has 0 spiro atoms. The van der Waals surface area contributed by atoms with Crippen molar-refractivity contribution in [1.29, 1.82) is 0 Å². The van der Waals surface area contributed by atoms with Crippen LogP contribution in [0.3, 0.4) is 0 Å². The van der Waals surface area contributed by atoms with Gasteiger partial charge in [0.25, 0.3) is 5.91 Å². The van der Waals surface area contributed by atoms with Crippen LogP contribution in [0.5, 0.6) is 0 Å². The van der Waals surface area contributed by atoms with Crippen molar-refractivity contribution in [3.63, 3.8) is 0 Å². The van der Waals surface area contributed by atoms with Gasteiger partial charge in [0.15, 0.2) is 0 Å². The summed E-state index contributed by atoms with van der Waals surface area (Å²) >= 11 is 11.9. The van der Waals surface area contributed by atoms with Gasteiger partial charge in [-0.1, -0.05) is 30.1 Å². The number of hydrogen-bond donors (Lipinski definition) is 1. The van der Waals surface area contributed by atoms with Gasteiger partial charge in [-0.15, -0.1) is 0 Å². The topological polar surface area (TPSA) is 45.2 Å². The fourth-order valence-corrected chi connectivity index (χ4v) is 3.05. The van der Waals surface area contributed by atoms with Gasteiger partial charge in [-0.2, -0.15) is 0 Å². The molecule has 0 radical (unpaired) electrons. The van der Waals surface area contributed by atoms with Gasteiger partial charge < -0.3 is 10.2 Å². The monoisotopic (exact) mass is 363 g/mol. The number of pyridine rings is 1. The first-order valence-corrected chi connectivity index (χ1v) is 8.76. The highest BCUT2D eigenvalue weighted by molar-refractivity contribution is 6.42. The molecule has 1 fully saturated rings. The van der Waals surface area contributed by atoms with Gasteiger partial charge in [-0.3, -0.25) is 4.79 Å². The van der Waals surface area contributed by atoms with Crippen molar-refractivity contribution >= 4 is 40.6 Å². The van der Waals surface area contributed by atoms with E-state index in [-0.39, 0.29) is 5.91 Å². The number of hydrogen-bond acceptors (Lipinski definition) is 3. The third-order valence-electron chi connectivity index (χ3n) is 4.27. The smallest absolute Gasteiger partial charge is 0.254 e. The van der Waals surface area contributed by atoms with Gasteiger partial charge in [0.2, 0.25) is 0 Å². The molecule has 0 saturated carbocycles. The molecular formula is C18H19Cl2N3O. The van der Waals surface area contributed by atoms with Gasteiger partial charge >= 0.3 is 0 Å². The third-order valence-corrected chi connectivity index (χ3v) is 5.01. The highest BCUT2D eigenvalue weighted by Gasteiger charge is 2.21. The highest BCUT2D eigenvalue weighted by Crippen LogP contribution is 2.27. The van der Waals surface area contributed by atoms with Crippen molar-refractivity contribution in [2.45, 2.75) is 19.8 Å². The summed E-state index contributed by atoms with van der Waals surface area (Å²) in [6.07, 6.45) is 3.76. The van der Waals surface area contributed by atoms with E-state index >= 15 is 0 Å². The molecule has 4 nitrogen and oxygen atoms in total. The Kier molecular flexibility index (Phi) is 5.27. The fraction of sp³-hybridized carbons (Fsp3) is 0.333. The van der Waals surface area contributed by atoms with Crippen molar-refractivity contribution in [2.75, 3.05) is 18.4 Å². The standard InChI is InChI=1S/C18H19Cl2N3O/c1-12-5-8-23(9-6-12)18(24)13-4-7-21-17(10-13)22-14-2-3-15(19)16(20)11-14/h2-4,7,10-12H,5-6,8-9H2,1H3,(H,21,22). The van der Waals surface area contributed by atoms with E-state index in [0.29, 0.717) is 27.3 Å². The summed E-state index contributed by atoms with van der Waals surface area (Å²) in [5, 5.41) is 4.12. The maximum atomic E-state index is 12.6. The molecule has 1 aliphatic rings. The van der Waals surface area contributed by atoms with E-state index in [2.05, 4.69) is 17.2 Å². The lowest BCUT2D eigenvalue weighted by molar-refractivity contribution is 0.0697. The third kappa shape index (κ3) is 4.00. The number of nitrogens with zero attached hydrogens (tertiary/aromatic N) is 2. The van der Waals surface area contributed by atoms with Crippen molar-refractivity contribution in [2.24, 2.45) is 5.92 Å². The predicted molar refractivity (Wildman–Crippen MR) is 98.3 cm³/mol. The number of rotatable bonds is 3. The molecule has 2 aromatic rings. The van der Waals surface area contributed by atoms with Crippen molar-refractivity contribution in [1.82, 2.24) is 9.88 Å². The SMILES string of the molecule is CC1CCN(C(=O)c2ccnc(Nc3ccc(Cl)c(Cl)c3)c2)CC1. The van der Waals surface area contributed by atoms with Crippen LogP contribution in [-0.4, -0.2) is 28.9 Å². The van der Waals surface area contributed by atoms with Crippen LogP contribution in [0.2, 0.25) is 10.0 Å². The summed E-state index contributed by atoms with van der Waals surface area (Å²) in [5.41, 5.74) is 1.41. The molecule has 24 heavy (non-hydrogen) atoms. The molecule has 1 amide bonds. The van der Waals surface area contributed by atoms with E-state index in [4.69, 9.17) is 23.2 Å². The van der Waals surface area contributed by atoms with Crippen LogP contribution in [0.25, 0.3) is 0 Å². The summed E-state index contributed by atoms with van der Waals surface area (Å²) in [7, 11) is 0. The average molecular weight is 364 g/mol. The van der Waals surface area contributed by atoms with Gasteiger partial charge in [-0.25, -0.2) is 4.98 Å². The Morgan fingerprint density at radius 3 is 2.62 bits per heavy atom. The number of piperidine rings is 1. The van der Waals surface area contributed by atoms with Crippen molar-refractivity contribution in [3.05, 3.63) is 52.1 Å². The molecule has 0 atom stereocenters. The van der Waals surface area contributed by atoms with E-state index in [1.54, 1.807) is 30.5 Å². The Labute approximate surface area is 151 Å². The summed E-state index contributed by atoms with van der Waals surface area (Å²) in [5.74, 6) is 1.35. The molecule has 126 valence electrons. The Bertz CT molecular complexity index is 743. The Balaban J connectivity index is 1.73. The Hall–Kier alpha value is -1.78. The number of halogens is 2. The Morgan fingerprint density at radius 1 is 1.17 bits per heavy atom. The summed E-state index contributed by atoms with van der Waals surface area (Å²) in [6.45, 7) is 3.86. The van der Waals surface area contributed by atoms with E-state index in [1.165, 1.54) is 0 Å².